The zero-order chi connectivity index (χ0) is 16.1. The zero-order valence-electron chi connectivity index (χ0n) is 12.3. The molecule has 1 amide bonds. The Bertz CT molecular complexity index is 828. The van der Waals surface area contributed by atoms with Crippen LogP contribution in [0.5, 0.6) is 0 Å². The summed E-state index contributed by atoms with van der Waals surface area (Å²) in [7, 11) is 0. The number of hydrazone groups is 1. The molecule has 114 valence electrons. The molecule has 8 heteroatoms. The lowest BCUT2D eigenvalue weighted by atomic mass is 10.1. The minimum atomic E-state index is -0.311. The Morgan fingerprint density at radius 1 is 1.22 bits per heavy atom. The standard InChI is InChI=1S/C15H13N7O/c1-11(18-19-15(23)13-5-3-7-16-9-13)12-4-2-6-14(8-12)22-10-17-20-21-22/h2-10H,1H3,(H,19,23)/b18-11+. The van der Waals surface area contributed by atoms with E-state index in [4.69, 9.17) is 0 Å². The van der Waals surface area contributed by atoms with Crippen molar-refractivity contribution in [2.24, 2.45) is 5.10 Å². The van der Waals surface area contributed by atoms with Crippen molar-refractivity contribution in [3.05, 3.63) is 66.2 Å². The quantitative estimate of drug-likeness (QED) is 0.577. The molecular formula is C15H13N7O. The third kappa shape index (κ3) is 3.43. The average Bonchev–Trinajstić information content (AvgIpc) is 3.15. The Labute approximate surface area is 131 Å². The molecule has 0 saturated carbocycles. The summed E-state index contributed by atoms with van der Waals surface area (Å²) in [5.41, 5.74) is 5.29. The minimum absolute atomic E-state index is 0.311. The van der Waals surface area contributed by atoms with Crippen LogP contribution in [0.15, 0.2) is 60.2 Å². The highest BCUT2D eigenvalue weighted by atomic mass is 16.2. The zero-order valence-corrected chi connectivity index (χ0v) is 12.3. The molecule has 3 aromatic rings. The number of hydrogen-bond acceptors (Lipinski definition) is 6. The van der Waals surface area contributed by atoms with Crippen molar-refractivity contribution in [3.63, 3.8) is 0 Å². The molecule has 1 N–H and O–H groups in total. The van der Waals surface area contributed by atoms with Crippen LogP contribution < -0.4 is 5.43 Å². The normalized spacial score (nSPS) is 11.3. The summed E-state index contributed by atoms with van der Waals surface area (Å²) < 4.78 is 1.55. The molecule has 0 spiro atoms. The maximum atomic E-state index is 11.9. The number of carbonyl (C=O) groups excluding carboxylic acids is 1. The summed E-state index contributed by atoms with van der Waals surface area (Å²) in [6, 6.07) is 10.9. The topological polar surface area (TPSA) is 98.0 Å². The number of amides is 1. The number of nitrogens with one attached hydrogen (secondary N) is 1. The SMILES string of the molecule is C/C(=N\NC(=O)c1cccnc1)c1cccc(-n2cnnn2)c1. The number of hydrogen-bond donors (Lipinski definition) is 1. The van der Waals surface area contributed by atoms with E-state index in [2.05, 4.69) is 31.0 Å². The van der Waals surface area contributed by atoms with E-state index in [-0.39, 0.29) is 5.91 Å². The number of carbonyl (C=O) groups is 1. The highest BCUT2D eigenvalue weighted by Crippen LogP contribution is 2.09. The first-order valence-electron chi connectivity index (χ1n) is 6.82. The van der Waals surface area contributed by atoms with Gasteiger partial charge in [0, 0.05) is 12.4 Å². The van der Waals surface area contributed by atoms with Crippen molar-refractivity contribution in [2.75, 3.05) is 0 Å². The number of pyridine rings is 1. The predicted molar refractivity (Wildman–Crippen MR) is 83.1 cm³/mol. The molecule has 3 rings (SSSR count). The van der Waals surface area contributed by atoms with Crippen molar-refractivity contribution in [3.8, 4) is 5.69 Å². The predicted octanol–water partition coefficient (Wildman–Crippen LogP) is 1.21. The molecule has 2 aromatic heterocycles. The van der Waals surface area contributed by atoms with Crippen LogP contribution in [0.1, 0.15) is 22.8 Å². The largest absolute Gasteiger partial charge is 0.272 e. The third-order valence-corrected chi connectivity index (χ3v) is 3.13. The van der Waals surface area contributed by atoms with Gasteiger partial charge in [-0.1, -0.05) is 12.1 Å². The highest BCUT2D eigenvalue weighted by Gasteiger charge is 2.05. The van der Waals surface area contributed by atoms with Gasteiger partial charge in [-0.25, -0.2) is 10.1 Å². The lowest BCUT2D eigenvalue weighted by Crippen LogP contribution is -2.19. The van der Waals surface area contributed by atoms with Crippen LogP contribution in [0.3, 0.4) is 0 Å². The first-order valence-corrected chi connectivity index (χ1v) is 6.82. The first kappa shape index (κ1) is 14.5. The molecule has 0 aliphatic rings. The van der Waals surface area contributed by atoms with Crippen molar-refractivity contribution < 1.29 is 4.79 Å². The van der Waals surface area contributed by atoms with Gasteiger partial charge in [-0.3, -0.25) is 9.78 Å². The number of benzene rings is 1. The van der Waals surface area contributed by atoms with Crippen LogP contribution in [0.2, 0.25) is 0 Å². The molecule has 0 fully saturated rings. The van der Waals surface area contributed by atoms with Gasteiger partial charge in [0.05, 0.1) is 17.0 Å². The van der Waals surface area contributed by atoms with Gasteiger partial charge in [0.1, 0.15) is 6.33 Å². The van der Waals surface area contributed by atoms with Gasteiger partial charge < -0.3 is 0 Å². The Morgan fingerprint density at radius 2 is 2.09 bits per heavy atom. The fourth-order valence-electron chi connectivity index (χ4n) is 1.91. The second kappa shape index (κ2) is 6.56. The van der Waals surface area contributed by atoms with Gasteiger partial charge in [0.25, 0.3) is 5.91 Å². The van der Waals surface area contributed by atoms with E-state index in [1.807, 2.05) is 31.2 Å². The summed E-state index contributed by atoms with van der Waals surface area (Å²) in [5, 5.41) is 15.2. The van der Waals surface area contributed by atoms with Gasteiger partial charge in [-0.05, 0) is 47.2 Å². The van der Waals surface area contributed by atoms with Crippen molar-refractivity contribution in [2.45, 2.75) is 6.92 Å². The Balaban J connectivity index is 1.76. The molecule has 0 bridgehead atoms. The van der Waals surface area contributed by atoms with E-state index in [9.17, 15) is 4.79 Å². The lowest BCUT2D eigenvalue weighted by molar-refractivity contribution is 0.0954. The van der Waals surface area contributed by atoms with Crippen molar-refractivity contribution in [1.82, 2.24) is 30.6 Å². The van der Waals surface area contributed by atoms with E-state index in [0.29, 0.717) is 11.3 Å². The van der Waals surface area contributed by atoms with Crippen LogP contribution in [0, 0.1) is 0 Å². The molecule has 0 radical (unpaired) electrons. The Hall–Kier alpha value is -3.42. The minimum Gasteiger partial charge on any atom is -0.267 e. The average molecular weight is 307 g/mol. The van der Waals surface area contributed by atoms with Crippen LogP contribution in [0.25, 0.3) is 5.69 Å². The number of aromatic nitrogens is 5. The van der Waals surface area contributed by atoms with Gasteiger partial charge in [0.2, 0.25) is 0 Å². The number of rotatable bonds is 4. The van der Waals surface area contributed by atoms with Crippen LogP contribution in [0.4, 0.5) is 0 Å². The maximum absolute atomic E-state index is 11.9. The van der Waals surface area contributed by atoms with E-state index < -0.39 is 0 Å². The highest BCUT2D eigenvalue weighted by molar-refractivity contribution is 6.01. The van der Waals surface area contributed by atoms with E-state index in [1.54, 1.807) is 23.0 Å². The molecule has 1 aromatic carbocycles. The fourth-order valence-corrected chi connectivity index (χ4v) is 1.91. The molecule has 0 aliphatic carbocycles. The van der Waals surface area contributed by atoms with Crippen LogP contribution in [-0.4, -0.2) is 36.8 Å². The summed E-state index contributed by atoms with van der Waals surface area (Å²) in [5.74, 6) is -0.311. The number of nitrogens with zero attached hydrogens (tertiary/aromatic N) is 6. The summed E-state index contributed by atoms with van der Waals surface area (Å²) >= 11 is 0. The van der Waals surface area contributed by atoms with Gasteiger partial charge >= 0.3 is 0 Å². The molecule has 23 heavy (non-hydrogen) atoms. The number of tetrazole rings is 1. The molecule has 0 atom stereocenters. The molecule has 0 saturated heterocycles. The van der Waals surface area contributed by atoms with Gasteiger partial charge in [0.15, 0.2) is 0 Å². The Morgan fingerprint density at radius 3 is 2.83 bits per heavy atom. The van der Waals surface area contributed by atoms with Gasteiger partial charge in [-0.2, -0.15) is 5.10 Å². The van der Waals surface area contributed by atoms with Crippen molar-refractivity contribution >= 4 is 11.6 Å². The van der Waals surface area contributed by atoms with E-state index >= 15 is 0 Å². The molecule has 2 heterocycles. The molecular weight excluding hydrogens is 294 g/mol. The molecule has 8 nitrogen and oxygen atoms in total. The van der Waals surface area contributed by atoms with Gasteiger partial charge in [-0.15, -0.1) is 5.10 Å². The first-order chi connectivity index (χ1) is 11.2. The fraction of sp³-hybridized carbons (Fsp3) is 0.0667. The van der Waals surface area contributed by atoms with E-state index in [1.165, 1.54) is 12.5 Å². The lowest BCUT2D eigenvalue weighted by Gasteiger charge is -2.05. The van der Waals surface area contributed by atoms with Crippen LogP contribution >= 0.6 is 0 Å². The summed E-state index contributed by atoms with van der Waals surface area (Å²) in [6.45, 7) is 1.81. The Kier molecular flexibility index (Phi) is 4.14. The molecule has 0 aliphatic heterocycles. The molecule has 0 unspecified atom stereocenters. The maximum Gasteiger partial charge on any atom is 0.272 e. The second-order valence-electron chi connectivity index (χ2n) is 4.68. The van der Waals surface area contributed by atoms with Crippen LogP contribution in [-0.2, 0) is 0 Å². The second-order valence-corrected chi connectivity index (χ2v) is 4.68. The monoisotopic (exact) mass is 307 g/mol. The third-order valence-electron chi connectivity index (χ3n) is 3.13. The van der Waals surface area contributed by atoms with E-state index in [0.717, 1.165) is 11.3 Å². The smallest absolute Gasteiger partial charge is 0.267 e. The summed E-state index contributed by atoms with van der Waals surface area (Å²) in [6.07, 6.45) is 4.60. The summed E-state index contributed by atoms with van der Waals surface area (Å²) in [4.78, 5) is 15.8. The van der Waals surface area contributed by atoms with Crippen molar-refractivity contribution in [1.29, 1.82) is 0 Å².